The minimum Gasteiger partial charge on any atom is -0.446 e. The average molecular weight is 622 g/mol. The molecule has 2 aromatic heterocycles. The molecule has 3 aromatic rings. The lowest BCUT2D eigenvalue weighted by Gasteiger charge is -2.23. The number of hydrogen-bond donors (Lipinski definition) is 5. The first-order valence-corrected chi connectivity index (χ1v) is 15.5. The third-order valence-corrected chi connectivity index (χ3v) is 7.52. The lowest BCUT2D eigenvalue weighted by atomic mass is 10.0. The van der Waals surface area contributed by atoms with Crippen LogP contribution in [-0.2, 0) is 29.0 Å². The van der Waals surface area contributed by atoms with E-state index in [2.05, 4.69) is 45.2 Å². The Bertz CT molecular complexity index is 1470. The van der Waals surface area contributed by atoms with Gasteiger partial charge in [-0.25, -0.2) is 4.98 Å². The molecular formula is C32H43N7O6. The number of carbonyl (C=O) groups excluding carboxylic acids is 4. The van der Waals surface area contributed by atoms with Crippen molar-refractivity contribution in [2.45, 2.75) is 90.6 Å². The molecule has 3 heterocycles. The van der Waals surface area contributed by atoms with E-state index in [9.17, 15) is 24.3 Å². The monoisotopic (exact) mass is 621 g/mol. The summed E-state index contributed by atoms with van der Waals surface area (Å²) in [6, 6.07) is 8.27. The van der Waals surface area contributed by atoms with Gasteiger partial charge in [-0.3, -0.25) is 23.9 Å². The molecule has 13 nitrogen and oxygen atoms in total. The van der Waals surface area contributed by atoms with Crippen molar-refractivity contribution in [1.29, 1.82) is 0 Å². The second-order valence-electron chi connectivity index (χ2n) is 11.8. The Hall–Kier alpha value is -4.52. The van der Waals surface area contributed by atoms with E-state index in [1.165, 1.54) is 6.92 Å². The first-order valence-electron chi connectivity index (χ1n) is 15.5. The third kappa shape index (κ3) is 9.00. The van der Waals surface area contributed by atoms with E-state index in [1.54, 1.807) is 10.7 Å². The van der Waals surface area contributed by atoms with Crippen LogP contribution in [0.5, 0.6) is 0 Å². The molecule has 2 bridgehead atoms. The molecule has 1 aliphatic heterocycles. The number of hydrogen-bond acceptors (Lipinski definition) is 8. The predicted octanol–water partition coefficient (Wildman–Crippen LogP) is 2.07. The molecule has 5 N–H and O–H groups in total. The van der Waals surface area contributed by atoms with Crippen molar-refractivity contribution in [1.82, 2.24) is 36.0 Å². The van der Waals surface area contributed by atoms with Crippen LogP contribution in [0.1, 0.15) is 91.1 Å². The number of aromatic nitrogens is 3. The summed E-state index contributed by atoms with van der Waals surface area (Å²) in [5.74, 6) is -1.68. The van der Waals surface area contributed by atoms with Crippen molar-refractivity contribution in [2.24, 2.45) is 5.92 Å². The second-order valence-corrected chi connectivity index (χ2v) is 11.8. The standard InChI is InChI=1S/C32H43N7O6/c1-5-39-26(17-22(38-39)15-19(2)3)30(43)34-23-13-9-10-14-33-31(44)27(20(4)40)37-29(42)25-18-45-32(36-25)24(35-28(23)41)16-21-11-7-6-8-12-21/h6-8,11-12,17-20,23-24,27,40H,5,9-10,13-16H2,1-4H3,(H,33,44)(H,34,43)(H,35,41)(H,37,42)/t20-,23+,24+,27+/m1/s1. The SMILES string of the molecule is CCn1nc(CC(C)C)cc1C(=O)N[C@H]1CCCCNC(=O)[C@H]([C@@H](C)O)NC(=O)c2coc(n2)[C@H](Cc2ccccc2)NC1=O. The molecule has 0 radical (unpaired) electrons. The van der Waals surface area contributed by atoms with Crippen LogP contribution in [0.25, 0.3) is 0 Å². The smallest absolute Gasteiger partial charge is 0.273 e. The number of rotatable bonds is 8. The van der Waals surface area contributed by atoms with Crippen molar-refractivity contribution in [3.63, 3.8) is 0 Å². The first kappa shape index (κ1) is 33.4. The fourth-order valence-corrected chi connectivity index (χ4v) is 5.20. The quantitative estimate of drug-likeness (QED) is 0.253. The van der Waals surface area contributed by atoms with Gasteiger partial charge in [0.1, 0.15) is 30.1 Å². The fourth-order valence-electron chi connectivity index (χ4n) is 5.20. The molecule has 45 heavy (non-hydrogen) atoms. The van der Waals surface area contributed by atoms with Crippen LogP contribution >= 0.6 is 0 Å². The molecule has 0 unspecified atom stereocenters. The van der Waals surface area contributed by atoms with E-state index in [0.29, 0.717) is 37.4 Å². The van der Waals surface area contributed by atoms with E-state index in [4.69, 9.17) is 4.42 Å². The van der Waals surface area contributed by atoms with Crippen LogP contribution in [0.3, 0.4) is 0 Å². The molecule has 0 fully saturated rings. The summed E-state index contributed by atoms with van der Waals surface area (Å²) in [7, 11) is 0. The molecule has 1 aliphatic rings. The number of nitrogens with one attached hydrogen (secondary N) is 4. The van der Waals surface area contributed by atoms with E-state index in [-0.39, 0.29) is 24.6 Å². The van der Waals surface area contributed by atoms with Gasteiger partial charge in [0.25, 0.3) is 11.8 Å². The number of nitrogens with zero attached hydrogens (tertiary/aromatic N) is 3. The summed E-state index contributed by atoms with van der Waals surface area (Å²) in [5.41, 5.74) is 1.95. The molecule has 0 saturated heterocycles. The Morgan fingerprint density at radius 3 is 2.56 bits per heavy atom. The van der Waals surface area contributed by atoms with E-state index in [0.717, 1.165) is 23.9 Å². The zero-order chi connectivity index (χ0) is 32.5. The minimum atomic E-state index is -1.21. The molecular weight excluding hydrogens is 578 g/mol. The predicted molar refractivity (Wildman–Crippen MR) is 165 cm³/mol. The highest BCUT2D eigenvalue weighted by atomic mass is 16.3. The maximum atomic E-state index is 13.8. The molecule has 4 rings (SSSR count). The fraction of sp³-hybridized carbons (Fsp3) is 0.500. The van der Waals surface area contributed by atoms with Gasteiger partial charge in [-0.2, -0.15) is 5.10 Å². The highest BCUT2D eigenvalue weighted by molar-refractivity contribution is 5.97. The van der Waals surface area contributed by atoms with Crippen molar-refractivity contribution < 1.29 is 28.7 Å². The molecule has 4 atom stereocenters. The van der Waals surface area contributed by atoms with Crippen LogP contribution in [0.4, 0.5) is 0 Å². The van der Waals surface area contributed by atoms with Gasteiger partial charge in [0, 0.05) is 19.5 Å². The number of carbonyl (C=O) groups is 4. The molecule has 4 amide bonds. The maximum absolute atomic E-state index is 13.8. The topological polar surface area (TPSA) is 180 Å². The molecule has 242 valence electrons. The molecule has 1 aromatic carbocycles. The largest absolute Gasteiger partial charge is 0.446 e. The van der Waals surface area contributed by atoms with Crippen LogP contribution in [-0.4, -0.2) is 68.2 Å². The Kier molecular flexibility index (Phi) is 11.5. The Balaban J connectivity index is 1.64. The second kappa shape index (κ2) is 15.5. The Morgan fingerprint density at radius 1 is 1.11 bits per heavy atom. The van der Waals surface area contributed by atoms with Crippen molar-refractivity contribution in [2.75, 3.05) is 6.54 Å². The number of benzene rings is 1. The Morgan fingerprint density at radius 2 is 1.87 bits per heavy atom. The van der Waals surface area contributed by atoms with Gasteiger partial charge in [-0.05, 0) is 57.1 Å². The summed E-state index contributed by atoms with van der Waals surface area (Å²) in [4.78, 5) is 57.5. The molecule has 0 saturated carbocycles. The maximum Gasteiger partial charge on any atom is 0.273 e. The van der Waals surface area contributed by atoms with Crippen molar-refractivity contribution >= 4 is 23.6 Å². The molecule has 13 heteroatoms. The van der Waals surface area contributed by atoms with Crippen molar-refractivity contribution in [3.8, 4) is 0 Å². The molecule has 0 spiro atoms. The van der Waals surface area contributed by atoms with Crippen molar-refractivity contribution in [3.05, 3.63) is 71.2 Å². The van der Waals surface area contributed by atoms with Crippen LogP contribution in [0.15, 0.2) is 47.1 Å². The van der Waals surface area contributed by atoms with Gasteiger partial charge in [-0.15, -0.1) is 0 Å². The number of amides is 4. The lowest BCUT2D eigenvalue weighted by molar-refractivity contribution is -0.125. The van der Waals surface area contributed by atoms with Gasteiger partial charge in [0.2, 0.25) is 17.7 Å². The number of oxazole rings is 1. The van der Waals surface area contributed by atoms with E-state index in [1.807, 2.05) is 37.3 Å². The van der Waals surface area contributed by atoms with Gasteiger partial charge in [0.15, 0.2) is 5.69 Å². The highest BCUT2D eigenvalue weighted by Crippen LogP contribution is 2.20. The van der Waals surface area contributed by atoms with E-state index >= 15 is 0 Å². The zero-order valence-electron chi connectivity index (χ0n) is 26.2. The Labute approximate surface area is 262 Å². The first-order chi connectivity index (χ1) is 21.5. The summed E-state index contributed by atoms with van der Waals surface area (Å²) in [5, 5.41) is 25.9. The van der Waals surface area contributed by atoms with Gasteiger partial charge in [-0.1, -0.05) is 44.2 Å². The van der Waals surface area contributed by atoms with Gasteiger partial charge >= 0.3 is 0 Å². The highest BCUT2D eigenvalue weighted by Gasteiger charge is 2.31. The number of fused-ring (bicyclic) bond motifs is 2. The minimum absolute atomic E-state index is 0.0787. The third-order valence-electron chi connectivity index (χ3n) is 7.52. The normalized spacial score (nSPS) is 20.7. The zero-order valence-corrected chi connectivity index (χ0v) is 26.2. The van der Waals surface area contributed by atoms with E-state index < -0.39 is 47.9 Å². The van der Waals surface area contributed by atoms with Crippen LogP contribution < -0.4 is 21.3 Å². The van der Waals surface area contributed by atoms with Crippen LogP contribution in [0, 0.1) is 5.92 Å². The molecule has 0 aliphatic carbocycles. The summed E-state index contributed by atoms with van der Waals surface area (Å²) in [6.07, 6.45) is 2.27. The summed E-state index contributed by atoms with van der Waals surface area (Å²) < 4.78 is 7.30. The number of aryl methyl sites for hydroxylation is 1. The number of aliphatic hydroxyl groups is 1. The average Bonchev–Trinajstić information content (AvgIpc) is 3.66. The number of aliphatic hydroxyl groups excluding tert-OH is 1. The summed E-state index contributed by atoms with van der Waals surface area (Å²) >= 11 is 0. The van der Waals surface area contributed by atoms with Gasteiger partial charge < -0.3 is 30.8 Å². The lowest BCUT2D eigenvalue weighted by Crippen LogP contribution is -2.52. The van der Waals surface area contributed by atoms with Crippen LogP contribution in [0.2, 0.25) is 0 Å². The summed E-state index contributed by atoms with van der Waals surface area (Å²) in [6.45, 7) is 8.20. The van der Waals surface area contributed by atoms with Gasteiger partial charge in [0.05, 0.1) is 11.8 Å².